The molecule has 0 spiro atoms. The zero-order valence-electron chi connectivity index (χ0n) is 15.8. The summed E-state index contributed by atoms with van der Waals surface area (Å²) < 4.78 is 24.9. The van der Waals surface area contributed by atoms with Crippen LogP contribution in [0.4, 0.5) is 14.9 Å². The summed E-state index contributed by atoms with van der Waals surface area (Å²) in [5.74, 6) is 0.730. The van der Waals surface area contributed by atoms with Gasteiger partial charge in [-0.1, -0.05) is 0 Å². The molecule has 2 aliphatic rings. The van der Waals surface area contributed by atoms with Gasteiger partial charge in [-0.3, -0.25) is 0 Å². The maximum atomic E-state index is 14.1. The van der Waals surface area contributed by atoms with Gasteiger partial charge in [-0.15, -0.1) is 0 Å². The highest BCUT2D eigenvalue weighted by molar-refractivity contribution is 5.91. The topological polar surface area (TPSA) is 80.5 Å². The molecule has 2 bridgehead atoms. The number of ether oxygens (including phenoxy) is 1. The largest absolute Gasteiger partial charge is 0.496 e. The van der Waals surface area contributed by atoms with Gasteiger partial charge in [-0.05, 0) is 43.0 Å². The Hall–Kier alpha value is -3.42. The van der Waals surface area contributed by atoms with Crippen LogP contribution in [0, 0.1) is 5.95 Å². The van der Waals surface area contributed by atoms with E-state index in [1.807, 2.05) is 17.0 Å². The van der Waals surface area contributed by atoms with Crippen molar-refractivity contribution in [3.05, 3.63) is 60.1 Å². The number of amides is 2. The van der Waals surface area contributed by atoms with Crippen LogP contribution < -0.4 is 10.1 Å². The van der Waals surface area contributed by atoms with Gasteiger partial charge < -0.3 is 19.4 Å². The van der Waals surface area contributed by atoms with Crippen LogP contribution >= 0.6 is 0 Å². The molecule has 3 aromatic rings. The Morgan fingerprint density at radius 1 is 1.34 bits per heavy atom. The van der Waals surface area contributed by atoms with Crippen molar-refractivity contribution in [3.8, 4) is 17.1 Å². The number of aromatic nitrogens is 2. The van der Waals surface area contributed by atoms with Crippen molar-refractivity contribution in [1.29, 1.82) is 0 Å². The highest BCUT2D eigenvalue weighted by Gasteiger charge is 2.43. The average Bonchev–Trinajstić information content (AvgIpc) is 3.36. The number of urea groups is 1. The standard InChI is InChI=1S/C21H19FN4O3/c1-28-18-8-12(2-4-15(18)19-10-23-11-29-19)25-21(27)26-13-3-5-17(26)14-6-7-24-20(22)16(14)9-13/h2,4,6-8,10-11,13,17H,3,5,9H2,1H3,(H,25,27). The molecule has 148 valence electrons. The van der Waals surface area contributed by atoms with Gasteiger partial charge in [0, 0.05) is 29.6 Å². The Morgan fingerprint density at radius 3 is 3.03 bits per heavy atom. The van der Waals surface area contributed by atoms with E-state index in [1.54, 1.807) is 25.4 Å². The number of oxazole rings is 1. The van der Waals surface area contributed by atoms with Crippen molar-refractivity contribution in [2.45, 2.75) is 31.3 Å². The first-order chi connectivity index (χ1) is 14.2. The van der Waals surface area contributed by atoms with Gasteiger partial charge in [0.1, 0.15) is 5.75 Å². The number of hydrogen-bond donors (Lipinski definition) is 1. The number of nitrogens with one attached hydrogen (secondary N) is 1. The molecular weight excluding hydrogens is 375 g/mol. The number of carbonyl (C=O) groups excluding carboxylic acids is 1. The summed E-state index contributed by atoms with van der Waals surface area (Å²) in [5, 5.41) is 2.96. The number of rotatable bonds is 3. The summed E-state index contributed by atoms with van der Waals surface area (Å²) in [7, 11) is 1.56. The maximum absolute atomic E-state index is 14.1. The van der Waals surface area contributed by atoms with Crippen molar-refractivity contribution >= 4 is 11.7 Å². The fraction of sp³-hybridized carbons (Fsp3) is 0.286. The predicted octanol–water partition coefficient (Wildman–Crippen LogP) is 4.18. The monoisotopic (exact) mass is 394 g/mol. The van der Waals surface area contributed by atoms with E-state index < -0.39 is 5.95 Å². The van der Waals surface area contributed by atoms with Crippen LogP contribution in [0.15, 0.2) is 47.5 Å². The fourth-order valence-electron chi connectivity index (χ4n) is 4.44. The zero-order valence-corrected chi connectivity index (χ0v) is 15.8. The Bertz CT molecular complexity index is 1070. The van der Waals surface area contributed by atoms with E-state index >= 15 is 0 Å². The molecular formula is C21H19FN4O3. The van der Waals surface area contributed by atoms with E-state index in [4.69, 9.17) is 9.15 Å². The molecule has 4 heterocycles. The normalized spacial score (nSPS) is 19.7. The molecule has 8 heteroatoms. The first-order valence-electron chi connectivity index (χ1n) is 9.45. The first-order valence-corrected chi connectivity index (χ1v) is 9.45. The number of pyridine rings is 1. The summed E-state index contributed by atoms with van der Waals surface area (Å²) in [6.07, 6.45) is 6.59. The Labute approximate surface area is 166 Å². The minimum absolute atomic E-state index is 0.0263. The van der Waals surface area contributed by atoms with Crippen molar-refractivity contribution in [1.82, 2.24) is 14.9 Å². The molecule has 1 aromatic carbocycles. The number of anilines is 1. The van der Waals surface area contributed by atoms with E-state index in [9.17, 15) is 9.18 Å². The summed E-state index contributed by atoms with van der Waals surface area (Å²) in [5.41, 5.74) is 2.86. The second-order valence-electron chi connectivity index (χ2n) is 7.24. The van der Waals surface area contributed by atoms with Crippen LogP contribution in [0.25, 0.3) is 11.3 Å². The van der Waals surface area contributed by atoms with E-state index in [-0.39, 0.29) is 18.1 Å². The molecule has 5 rings (SSSR count). The van der Waals surface area contributed by atoms with Gasteiger partial charge in [0.05, 0.1) is 24.9 Å². The molecule has 2 unspecified atom stereocenters. The van der Waals surface area contributed by atoms with Crippen LogP contribution in [0.3, 0.4) is 0 Å². The predicted molar refractivity (Wildman–Crippen MR) is 103 cm³/mol. The number of fused-ring (bicyclic) bond motifs is 4. The minimum Gasteiger partial charge on any atom is -0.496 e. The number of carbonyl (C=O) groups is 1. The second kappa shape index (κ2) is 6.88. The lowest BCUT2D eigenvalue weighted by atomic mass is 9.95. The lowest BCUT2D eigenvalue weighted by Gasteiger charge is -2.36. The lowest BCUT2D eigenvalue weighted by molar-refractivity contribution is 0.178. The summed E-state index contributed by atoms with van der Waals surface area (Å²) in [4.78, 5) is 22.6. The SMILES string of the molecule is COc1cc(NC(=O)N2C3CCC2c2ccnc(F)c2C3)ccc1-c1cnco1. The Kier molecular flexibility index (Phi) is 4.19. The number of hydrogen-bond acceptors (Lipinski definition) is 5. The summed E-state index contributed by atoms with van der Waals surface area (Å²) in [6, 6.07) is 6.82. The van der Waals surface area contributed by atoms with Crippen molar-refractivity contribution in [3.63, 3.8) is 0 Å². The van der Waals surface area contributed by atoms with Gasteiger partial charge >= 0.3 is 6.03 Å². The Morgan fingerprint density at radius 2 is 2.24 bits per heavy atom. The fourth-order valence-corrected chi connectivity index (χ4v) is 4.44. The molecule has 2 aliphatic heterocycles. The van der Waals surface area contributed by atoms with Gasteiger partial charge in [0.2, 0.25) is 5.95 Å². The van der Waals surface area contributed by atoms with E-state index in [2.05, 4.69) is 15.3 Å². The second-order valence-corrected chi connectivity index (χ2v) is 7.24. The molecule has 1 saturated heterocycles. The van der Waals surface area contributed by atoms with Gasteiger partial charge in [-0.25, -0.2) is 14.8 Å². The van der Waals surface area contributed by atoms with E-state index in [1.165, 1.54) is 12.6 Å². The number of halogens is 1. The third kappa shape index (κ3) is 2.91. The molecule has 0 aliphatic carbocycles. The van der Waals surface area contributed by atoms with Crippen LogP contribution in [0.5, 0.6) is 5.75 Å². The van der Waals surface area contributed by atoms with Crippen LogP contribution in [0.1, 0.15) is 30.0 Å². The van der Waals surface area contributed by atoms with Crippen molar-refractivity contribution < 1.29 is 18.3 Å². The number of nitrogens with zero attached hydrogens (tertiary/aromatic N) is 3. The summed E-state index contributed by atoms with van der Waals surface area (Å²) >= 11 is 0. The van der Waals surface area contributed by atoms with Gasteiger partial charge in [0.15, 0.2) is 12.2 Å². The third-order valence-electron chi connectivity index (χ3n) is 5.73. The molecule has 2 atom stereocenters. The molecule has 1 N–H and O–H groups in total. The first kappa shape index (κ1) is 17.7. The smallest absolute Gasteiger partial charge is 0.322 e. The minimum atomic E-state index is -0.424. The van der Waals surface area contributed by atoms with E-state index in [0.717, 1.165) is 24.0 Å². The van der Waals surface area contributed by atoms with Crippen molar-refractivity contribution in [2.24, 2.45) is 0 Å². The van der Waals surface area contributed by atoms with E-state index in [0.29, 0.717) is 29.2 Å². The van der Waals surface area contributed by atoms with Gasteiger partial charge in [0.25, 0.3) is 0 Å². The molecule has 2 amide bonds. The quantitative estimate of drug-likeness (QED) is 0.674. The molecule has 29 heavy (non-hydrogen) atoms. The highest BCUT2D eigenvalue weighted by Crippen LogP contribution is 2.44. The molecule has 0 radical (unpaired) electrons. The molecule has 0 saturated carbocycles. The maximum Gasteiger partial charge on any atom is 0.322 e. The van der Waals surface area contributed by atoms with Crippen molar-refractivity contribution in [2.75, 3.05) is 12.4 Å². The van der Waals surface area contributed by atoms with Gasteiger partial charge in [-0.2, -0.15) is 4.39 Å². The molecule has 7 nitrogen and oxygen atoms in total. The van der Waals surface area contributed by atoms with Crippen LogP contribution in [0.2, 0.25) is 0 Å². The lowest BCUT2D eigenvalue weighted by Crippen LogP contribution is -2.44. The van der Waals surface area contributed by atoms with Crippen LogP contribution in [-0.4, -0.2) is 34.1 Å². The number of benzene rings is 1. The molecule has 1 fully saturated rings. The Balaban J connectivity index is 1.40. The molecule has 2 aromatic heterocycles. The van der Waals surface area contributed by atoms with Crippen LogP contribution in [-0.2, 0) is 6.42 Å². The third-order valence-corrected chi connectivity index (χ3v) is 5.73. The number of methoxy groups -OCH3 is 1. The highest BCUT2D eigenvalue weighted by atomic mass is 19.1. The summed E-state index contributed by atoms with van der Waals surface area (Å²) in [6.45, 7) is 0. The zero-order chi connectivity index (χ0) is 20.0. The average molecular weight is 394 g/mol.